The number of carbonyl (C=O) groups excluding carboxylic acids is 2. The molecule has 1 aliphatic carbocycles. The number of allylic oxidation sites excluding steroid dienone is 1. The van der Waals surface area contributed by atoms with Crippen LogP contribution in [-0.4, -0.2) is 54.0 Å². The van der Waals surface area contributed by atoms with Crippen LogP contribution in [0.3, 0.4) is 0 Å². The Morgan fingerprint density at radius 1 is 1.00 bits per heavy atom. The average Bonchev–Trinajstić information content (AvgIpc) is 3.52. The van der Waals surface area contributed by atoms with Crippen molar-refractivity contribution in [3.8, 4) is 0 Å². The van der Waals surface area contributed by atoms with Gasteiger partial charge in [-0.2, -0.15) is 0 Å². The number of piperidine rings is 1. The zero-order chi connectivity index (χ0) is 26.4. The SMILES string of the molecule is NCCCCCCNC(=O)[C@H](Cc1c[nH]c2ccccc12)NC(=O)N1CCC2(C=Cc3ccccc32)CC1. The molecule has 0 unspecified atom stereocenters. The Hall–Kier alpha value is -3.58. The van der Waals surface area contributed by atoms with Crippen LogP contribution >= 0.6 is 0 Å². The maximum Gasteiger partial charge on any atom is 0.318 e. The first kappa shape index (κ1) is 26.0. The van der Waals surface area contributed by atoms with Crippen LogP contribution < -0.4 is 16.4 Å². The Morgan fingerprint density at radius 3 is 2.61 bits per heavy atom. The van der Waals surface area contributed by atoms with Gasteiger partial charge in [-0.1, -0.05) is 67.5 Å². The molecule has 7 nitrogen and oxygen atoms in total. The molecule has 7 heteroatoms. The number of benzene rings is 2. The highest BCUT2D eigenvalue weighted by Crippen LogP contribution is 2.43. The molecule has 1 aliphatic heterocycles. The fraction of sp³-hybridized carbons (Fsp3) is 0.419. The fourth-order valence-corrected chi connectivity index (χ4v) is 5.91. The molecule has 2 aliphatic rings. The molecule has 0 radical (unpaired) electrons. The minimum Gasteiger partial charge on any atom is -0.361 e. The van der Waals surface area contributed by atoms with Gasteiger partial charge in [-0.3, -0.25) is 4.79 Å². The predicted molar refractivity (Wildman–Crippen MR) is 153 cm³/mol. The van der Waals surface area contributed by atoms with Gasteiger partial charge in [0, 0.05) is 48.6 Å². The van der Waals surface area contributed by atoms with Crippen molar-refractivity contribution in [2.24, 2.45) is 5.73 Å². The molecule has 2 heterocycles. The van der Waals surface area contributed by atoms with Gasteiger partial charge in [0.25, 0.3) is 0 Å². The Labute approximate surface area is 224 Å². The second kappa shape index (κ2) is 11.9. The lowest BCUT2D eigenvalue weighted by Gasteiger charge is -2.39. The molecule has 3 aromatic rings. The van der Waals surface area contributed by atoms with Crippen LogP contribution in [0, 0.1) is 0 Å². The summed E-state index contributed by atoms with van der Waals surface area (Å²) in [5, 5.41) is 7.21. The molecule has 2 aromatic carbocycles. The van der Waals surface area contributed by atoms with Crippen LogP contribution in [0.25, 0.3) is 17.0 Å². The van der Waals surface area contributed by atoms with E-state index in [1.54, 1.807) is 0 Å². The smallest absolute Gasteiger partial charge is 0.318 e. The Bertz CT molecular complexity index is 1290. The van der Waals surface area contributed by atoms with E-state index in [1.807, 2.05) is 35.4 Å². The number of carbonyl (C=O) groups is 2. The zero-order valence-corrected chi connectivity index (χ0v) is 22.0. The molecule has 200 valence electrons. The monoisotopic (exact) mass is 513 g/mol. The molecule has 38 heavy (non-hydrogen) atoms. The van der Waals surface area contributed by atoms with Gasteiger partial charge in [0.1, 0.15) is 6.04 Å². The minimum absolute atomic E-state index is 0.0120. The van der Waals surface area contributed by atoms with E-state index in [0.717, 1.165) is 55.0 Å². The molecular formula is C31H39N5O2. The van der Waals surface area contributed by atoms with Crippen molar-refractivity contribution in [3.63, 3.8) is 0 Å². The van der Waals surface area contributed by atoms with Crippen LogP contribution in [0.4, 0.5) is 4.79 Å². The number of urea groups is 1. The number of hydrogen-bond acceptors (Lipinski definition) is 3. The number of amides is 3. The summed E-state index contributed by atoms with van der Waals surface area (Å²) in [5.74, 6) is -0.136. The van der Waals surface area contributed by atoms with Crippen molar-refractivity contribution < 1.29 is 9.59 Å². The van der Waals surface area contributed by atoms with Gasteiger partial charge in [-0.05, 0) is 55.0 Å². The van der Waals surface area contributed by atoms with Crippen LogP contribution in [-0.2, 0) is 16.6 Å². The number of aromatic nitrogens is 1. The standard InChI is InChI=1S/C31H39N5O2/c32-17-7-1-2-8-18-33-29(37)28(21-24-22-34-27-12-6-4-10-25(24)27)35-30(38)36-19-15-31(16-20-36)14-13-23-9-3-5-11-26(23)31/h3-6,9-14,22,28,34H,1-2,7-8,15-21,32H2,(H,33,37)(H,35,38)/t28-/m0/s1. The summed E-state index contributed by atoms with van der Waals surface area (Å²) >= 11 is 0. The van der Waals surface area contributed by atoms with Crippen molar-refractivity contribution in [1.29, 1.82) is 0 Å². The number of para-hydroxylation sites is 1. The van der Waals surface area contributed by atoms with Crippen molar-refractivity contribution in [3.05, 3.63) is 77.5 Å². The summed E-state index contributed by atoms with van der Waals surface area (Å²) in [6.45, 7) is 2.62. The summed E-state index contributed by atoms with van der Waals surface area (Å²) < 4.78 is 0. The molecule has 5 N–H and O–H groups in total. The number of H-pyrrole nitrogens is 1. The van der Waals surface area contributed by atoms with E-state index < -0.39 is 6.04 Å². The number of aromatic amines is 1. The molecule has 1 atom stereocenters. The highest BCUT2D eigenvalue weighted by molar-refractivity contribution is 5.89. The van der Waals surface area contributed by atoms with Crippen molar-refractivity contribution >= 4 is 28.9 Å². The van der Waals surface area contributed by atoms with Crippen molar-refractivity contribution in [2.45, 2.75) is 56.4 Å². The van der Waals surface area contributed by atoms with Gasteiger partial charge in [0.15, 0.2) is 0 Å². The lowest BCUT2D eigenvalue weighted by Crippen LogP contribution is -2.54. The van der Waals surface area contributed by atoms with Crippen LogP contribution in [0.15, 0.2) is 60.8 Å². The molecule has 0 saturated carbocycles. The van der Waals surface area contributed by atoms with Crippen LogP contribution in [0.2, 0.25) is 0 Å². The predicted octanol–water partition coefficient (Wildman–Crippen LogP) is 4.48. The third-order valence-electron chi connectivity index (χ3n) is 8.17. The lowest BCUT2D eigenvalue weighted by atomic mass is 9.74. The number of fused-ring (bicyclic) bond motifs is 3. The second-order valence-corrected chi connectivity index (χ2v) is 10.6. The fourth-order valence-electron chi connectivity index (χ4n) is 5.91. The van der Waals surface area contributed by atoms with Crippen LogP contribution in [0.5, 0.6) is 0 Å². The molecule has 5 rings (SSSR count). The first-order valence-electron chi connectivity index (χ1n) is 14.0. The number of unbranched alkanes of at least 4 members (excludes halogenated alkanes) is 3. The number of likely N-dealkylation sites (tertiary alicyclic amines) is 1. The topological polar surface area (TPSA) is 103 Å². The summed E-state index contributed by atoms with van der Waals surface area (Å²) in [7, 11) is 0. The van der Waals surface area contributed by atoms with E-state index in [-0.39, 0.29) is 17.4 Å². The molecule has 1 spiro atoms. The summed E-state index contributed by atoms with van der Waals surface area (Å²) in [6.07, 6.45) is 12.7. The van der Waals surface area contributed by atoms with E-state index in [4.69, 9.17) is 5.73 Å². The lowest BCUT2D eigenvalue weighted by molar-refractivity contribution is -0.122. The van der Waals surface area contributed by atoms with Gasteiger partial charge >= 0.3 is 6.03 Å². The van der Waals surface area contributed by atoms with Gasteiger partial charge in [0.05, 0.1) is 0 Å². The van der Waals surface area contributed by atoms with Crippen LogP contribution in [0.1, 0.15) is 55.2 Å². The van der Waals surface area contributed by atoms with Gasteiger partial charge in [0.2, 0.25) is 5.91 Å². The Balaban J connectivity index is 1.23. The number of nitrogens with one attached hydrogen (secondary N) is 3. The van der Waals surface area contributed by atoms with E-state index in [9.17, 15) is 9.59 Å². The first-order chi connectivity index (χ1) is 18.6. The van der Waals surface area contributed by atoms with Crippen molar-refractivity contribution in [2.75, 3.05) is 26.2 Å². The quantitative estimate of drug-likeness (QED) is 0.301. The number of nitrogens with two attached hydrogens (primary N) is 1. The van der Waals surface area contributed by atoms with E-state index in [2.05, 4.69) is 52.0 Å². The third-order valence-corrected chi connectivity index (χ3v) is 8.17. The van der Waals surface area contributed by atoms with E-state index in [0.29, 0.717) is 32.6 Å². The molecule has 1 aromatic heterocycles. The molecule has 3 amide bonds. The minimum atomic E-state index is -0.645. The zero-order valence-electron chi connectivity index (χ0n) is 22.0. The molecular weight excluding hydrogens is 474 g/mol. The highest BCUT2D eigenvalue weighted by Gasteiger charge is 2.39. The van der Waals surface area contributed by atoms with Gasteiger partial charge in [-0.15, -0.1) is 0 Å². The third kappa shape index (κ3) is 5.63. The van der Waals surface area contributed by atoms with E-state index in [1.165, 1.54) is 11.1 Å². The van der Waals surface area contributed by atoms with E-state index >= 15 is 0 Å². The number of nitrogens with zero attached hydrogens (tertiary/aromatic N) is 1. The second-order valence-electron chi connectivity index (χ2n) is 10.6. The highest BCUT2D eigenvalue weighted by atomic mass is 16.2. The summed E-state index contributed by atoms with van der Waals surface area (Å²) in [5.41, 5.74) is 10.3. The number of rotatable bonds is 10. The Kier molecular flexibility index (Phi) is 8.13. The average molecular weight is 514 g/mol. The maximum absolute atomic E-state index is 13.4. The normalized spacial score (nSPS) is 16.5. The molecule has 1 fully saturated rings. The number of hydrogen-bond donors (Lipinski definition) is 4. The Morgan fingerprint density at radius 2 is 1.76 bits per heavy atom. The summed E-state index contributed by atoms with van der Waals surface area (Å²) in [4.78, 5) is 31.8. The molecule has 1 saturated heterocycles. The largest absolute Gasteiger partial charge is 0.361 e. The van der Waals surface area contributed by atoms with Gasteiger partial charge < -0.3 is 26.3 Å². The molecule has 0 bridgehead atoms. The van der Waals surface area contributed by atoms with Crippen molar-refractivity contribution in [1.82, 2.24) is 20.5 Å². The first-order valence-corrected chi connectivity index (χ1v) is 14.0. The van der Waals surface area contributed by atoms with Gasteiger partial charge in [-0.25, -0.2) is 4.79 Å². The maximum atomic E-state index is 13.4. The summed E-state index contributed by atoms with van der Waals surface area (Å²) in [6, 6.07) is 15.8.